The minimum absolute atomic E-state index is 0.0202. The summed E-state index contributed by atoms with van der Waals surface area (Å²) in [5.74, 6) is 0.908. The first kappa shape index (κ1) is 17.9. The van der Waals surface area contributed by atoms with Crippen LogP contribution in [-0.2, 0) is 11.3 Å². The second-order valence-corrected chi connectivity index (χ2v) is 8.23. The summed E-state index contributed by atoms with van der Waals surface area (Å²) in [4.78, 5) is 8.49. The summed E-state index contributed by atoms with van der Waals surface area (Å²) in [5.41, 5.74) is 4.88. The minimum atomic E-state index is 0.0202. The van der Waals surface area contributed by atoms with Crippen molar-refractivity contribution < 1.29 is 9.57 Å². The van der Waals surface area contributed by atoms with E-state index in [2.05, 4.69) is 86.5 Å². The number of nitrogens with zero attached hydrogens (tertiary/aromatic N) is 2. The zero-order chi connectivity index (χ0) is 19.2. The monoisotopic (exact) mass is 364 g/mol. The van der Waals surface area contributed by atoms with Crippen LogP contribution in [0.5, 0.6) is 5.75 Å². The van der Waals surface area contributed by atoms with Crippen molar-refractivity contribution in [2.75, 3.05) is 31.2 Å². The number of anilines is 2. The average Bonchev–Trinajstić information content (AvgIpc) is 3.14. The number of ether oxygens (including phenoxy) is 1. The van der Waals surface area contributed by atoms with Gasteiger partial charge in [-0.3, -0.25) is 4.84 Å². The molecule has 0 amide bonds. The molecular weight excluding hydrogens is 336 g/mol. The van der Waals surface area contributed by atoms with Gasteiger partial charge in [0, 0.05) is 25.2 Å². The quantitative estimate of drug-likeness (QED) is 0.795. The molecule has 2 heterocycles. The zero-order valence-corrected chi connectivity index (χ0v) is 16.8. The topological polar surface area (TPSA) is 24.9 Å². The molecule has 0 bridgehead atoms. The van der Waals surface area contributed by atoms with Crippen LogP contribution in [0.15, 0.2) is 48.5 Å². The minimum Gasteiger partial charge on any atom is -0.497 e. The molecule has 1 saturated heterocycles. The van der Waals surface area contributed by atoms with Crippen LogP contribution in [-0.4, -0.2) is 33.4 Å². The van der Waals surface area contributed by atoms with E-state index in [-0.39, 0.29) is 11.5 Å². The van der Waals surface area contributed by atoms with Crippen molar-refractivity contribution in [3.8, 4) is 5.75 Å². The molecule has 2 unspecified atom stereocenters. The summed E-state index contributed by atoms with van der Waals surface area (Å²) >= 11 is 0. The molecule has 4 nitrogen and oxygen atoms in total. The molecule has 2 aliphatic rings. The lowest BCUT2D eigenvalue weighted by Crippen LogP contribution is -2.36. The van der Waals surface area contributed by atoms with Crippen LogP contribution >= 0.6 is 0 Å². The predicted octanol–water partition coefficient (Wildman–Crippen LogP) is 4.55. The zero-order valence-electron chi connectivity index (χ0n) is 16.8. The van der Waals surface area contributed by atoms with Gasteiger partial charge in [0.2, 0.25) is 0 Å². The second-order valence-electron chi connectivity index (χ2n) is 8.23. The van der Waals surface area contributed by atoms with Crippen molar-refractivity contribution in [3.63, 3.8) is 0 Å². The summed E-state index contributed by atoms with van der Waals surface area (Å²) < 4.78 is 5.37. The molecule has 2 aliphatic heterocycles. The summed E-state index contributed by atoms with van der Waals surface area (Å²) in [7, 11) is 5.82. The summed E-state index contributed by atoms with van der Waals surface area (Å²) in [6.07, 6.45) is 5.41. The Hall–Kier alpha value is -2.46. The highest BCUT2D eigenvalue weighted by Gasteiger charge is 2.52. The molecule has 27 heavy (non-hydrogen) atoms. The molecule has 4 rings (SSSR count). The molecule has 4 heteroatoms. The van der Waals surface area contributed by atoms with E-state index in [0.717, 1.165) is 12.2 Å². The van der Waals surface area contributed by atoms with Crippen molar-refractivity contribution in [2.45, 2.75) is 32.4 Å². The summed E-state index contributed by atoms with van der Waals surface area (Å²) in [5, 5.41) is 2.11. The molecule has 2 aromatic carbocycles. The number of fused-ring (bicyclic) bond motifs is 3. The average molecular weight is 364 g/mol. The Balaban J connectivity index is 1.54. The van der Waals surface area contributed by atoms with E-state index in [1.165, 1.54) is 22.5 Å². The highest BCUT2D eigenvalue weighted by molar-refractivity contribution is 5.62. The third kappa shape index (κ3) is 3.08. The maximum Gasteiger partial charge on any atom is 0.119 e. The molecule has 2 aromatic rings. The van der Waals surface area contributed by atoms with Gasteiger partial charge in [0.1, 0.15) is 11.9 Å². The fraction of sp³-hybridized carbons (Fsp3) is 0.391. The van der Waals surface area contributed by atoms with Crippen LogP contribution in [0, 0.1) is 5.41 Å². The van der Waals surface area contributed by atoms with Gasteiger partial charge >= 0.3 is 0 Å². The molecule has 0 saturated carbocycles. The number of benzene rings is 2. The van der Waals surface area contributed by atoms with Gasteiger partial charge in [-0.25, -0.2) is 5.06 Å². The molecule has 0 aromatic heterocycles. The van der Waals surface area contributed by atoms with E-state index in [4.69, 9.17) is 9.57 Å². The van der Waals surface area contributed by atoms with E-state index in [1.54, 1.807) is 7.11 Å². The normalized spacial score (nSPS) is 22.8. The van der Waals surface area contributed by atoms with Crippen LogP contribution in [0.1, 0.15) is 25.0 Å². The van der Waals surface area contributed by atoms with Gasteiger partial charge in [0.05, 0.1) is 18.8 Å². The molecule has 0 spiro atoms. The third-order valence-electron chi connectivity index (χ3n) is 5.91. The van der Waals surface area contributed by atoms with Crippen molar-refractivity contribution in [3.05, 3.63) is 59.7 Å². The Morgan fingerprint density at radius 3 is 2.56 bits per heavy atom. The van der Waals surface area contributed by atoms with E-state index in [9.17, 15) is 0 Å². The molecule has 0 aliphatic carbocycles. The van der Waals surface area contributed by atoms with Crippen LogP contribution in [0.25, 0.3) is 6.08 Å². The van der Waals surface area contributed by atoms with Crippen molar-refractivity contribution in [1.29, 1.82) is 0 Å². The van der Waals surface area contributed by atoms with Crippen molar-refractivity contribution in [1.82, 2.24) is 0 Å². The fourth-order valence-electron chi connectivity index (χ4n) is 4.03. The van der Waals surface area contributed by atoms with Crippen LogP contribution in [0.2, 0.25) is 0 Å². The molecule has 0 N–H and O–H groups in total. The maximum atomic E-state index is 6.38. The number of hydroxylamine groups is 1. The lowest BCUT2D eigenvalue weighted by atomic mass is 9.78. The highest BCUT2D eigenvalue weighted by atomic mass is 16.7. The number of rotatable bonds is 4. The first-order valence-electron chi connectivity index (χ1n) is 9.48. The van der Waals surface area contributed by atoms with Gasteiger partial charge in [-0.15, -0.1) is 0 Å². The van der Waals surface area contributed by atoms with Crippen LogP contribution in [0.4, 0.5) is 11.4 Å². The first-order valence-corrected chi connectivity index (χ1v) is 9.48. The lowest BCUT2D eigenvalue weighted by molar-refractivity contribution is 0.0849. The standard InChI is InChI=1S/C23H28N2O2/c1-23(2)21-15-17-14-19(26-5)11-12-20(17)25(21)27-22(23)13-8-16-6-9-18(10-7-16)24(3)4/h6-14,21-22H,15H2,1-5H3. The van der Waals surface area contributed by atoms with E-state index in [1.807, 2.05) is 6.07 Å². The SMILES string of the molecule is COc1ccc2c(c1)CC1N2OC(C=Cc2ccc(N(C)C)cc2)C1(C)C. The highest BCUT2D eigenvalue weighted by Crippen LogP contribution is 2.49. The van der Waals surface area contributed by atoms with Gasteiger partial charge in [0.25, 0.3) is 0 Å². The maximum absolute atomic E-state index is 6.38. The largest absolute Gasteiger partial charge is 0.497 e. The van der Waals surface area contributed by atoms with Gasteiger partial charge in [-0.2, -0.15) is 0 Å². The fourth-order valence-corrected chi connectivity index (χ4v) is 4.03. The summed E-state index contributed by atoms with van der Waals surface area (Å²) in [6.45, 7) is 4.59. The Labute approximate surface area is 162 Å². The number of hydrogen-bond donors (Lipinski definition) is 0. The summed E-state index contributed by atoms with van der Waals surface area (Å²) in [6, 6.07) is 15.2. The van der Waals surface area contributed by atoms with Gasteiger partial charge in [0.15, 0.2) is 0 Å². The lowest BCUT2D eigenvalue weighted by Gasteiger charge is -2.26. The molecule has 2 atom stereocenters. The van der Waals surface area contributed by atoms with E-state index in [0.29, 0.717) is 6.04 Å². The smallest absolute Gasteiger partial charge is 0.119 e. The molecular formula is C23H28N2O2. The Morgan fingerprint density at radius 1 is 1.15 bits per heavy atom. The predicted molar refractivity (Wildman–Crippen MR) is 111 cm³/mol. The van der Waals surface area contributed by atoms with Gasteiger partial charge in [-0.1, -0.05) is 38.1 Å². The van der Waals surface area contributed by atoms with Gasteiger partial charge < -0.3 is 9.64 Å². The van der Waals surface area contributed by atoms with Crippen LogP contribution in [0.3, 0.4) is 0 Å². The molecule has 1 fully saturated rings. The van der Waals surface area contributed by atoms with Crippen molar-refractivity contribution in [2.24, 2.45) is 5.41 Å². The second kappa shape index (κ2) is 6.61. The third-order valence-corrected chi connectivity index (χ3v) is 5.91. The number of hydrogen-bond acceptors (Lipinski definition) is 4. The Bertz CT molecular complexity index is 855. The Morgan fingerprint density at radius 2 is 1.89 bits per heavy atom. The van der Waals surface area contributed by atoms with Crippen LogP contribution < -0.4 is 14.7 Å². The first-order chi connectivity index (χ1) is 12.9. The van der Waals surface area contributed by atoms with E-state index < -0.39 is 0 Å². The Kier molecular flexibility index (Phi) is 4.39. The van der Waals surface area contributed by atoms with Crippen molar-refractivity contribution >= 4 is 17.5 Å². The molecule has 0 radical (unpaired) electrons. The molecule has 142 valence electrons. The van der Waals surface area contributed by atoms with E-state index >= 15 is 0 Å². The van der Waals surface area contributed by atoms with Gasteiger partial charge in [-0.05, 0) is 47.9 Å². The number of methoxy groups -OCH3 is 1.